The number of aromatic carboxylic acids is 1. The van der Waals surface area contributed by atoms with Crippen molar-refractivity contribution < 1.29 is 19.7 Å². The number of carbonyl (C=O) groups excluding carboxylic acids is 1. The fourth-order valence-electron chi connectivity index (χ4n) is 2.52. The van der Waals surface area contributed by atoms with Crippen LogP contribution in [0, 0.1) is 0 Å². The summed E-state index contributed by atoms with van der Waals surface area (Å²) in [5.41, 5.74) is 8.25. The Morgan fingerprint density at radius 1 is 1.36 bits per heavy atom. The number of nitrogens with two attached hydrogens (primary N) is 1. The van der Waals surface area contributed by atoms with Gasteiger partial charge >= 0.3 is 13.5 Å². The molecule has 2 rings (SSSR count). The van der Waals surface area contributed by atoms with Crippen LogP contribution >= 0.6 is 0 Å². The molecule has 1 aliphatic rings. The summed E-state index contributed by atoms with van der Waals surface area (Å²) in [4.78, 5) is 23.1. The molecule has 0 bridgehead atoms. The van der Waals surface area contributed by atoms with Crippen LogP contribution in [0.4, 0.5) is 0 Å². The first-order chi connectivity index (χ1) is 12.0. The zero-order valence-corrected chi connectivity index (χ0v) is 13.7. The number of nitrogens with one attached hydrogen (secondary N) is 2. The van der Waals surface area contributed by atoms with Crippen LogP contribution in [0.2, 0.25) is 0 Å². The molecule has 1 unspecified atom stereocenters. The van der Waals surface area contributed by atoms with Crippen molar-refractivity contribution in [3.05, 3.63) is 58.8 Å². The van der Waals surface area contributed by atoms with Crippen molar-refractivity contribution in [2.45, 2.75) is 18.8 Å². The van der Waals surface area contributed by atoms with Gasteiger partial charge in [-0.1, -0.05) is 18.2 Å². The molecular formula is C17H21BN3O4. The Balaban J connectivity index is 1.92. The highest BCUT2D eigenvalue weighted by atomic mass is 16.4. The van der Waals surface area contributed by atoms with Gasteiger partial charge in [0.25, 0.3) is 0 Å². The number of benzene rings is 1. The predicted octanol–water partition coefficient (Wildman–Crippen LogP) is -0.257. The number of rotatable bonds is 8. The molecule has 0 fully saturated rings. The summed E-state index contributed by atoms with van der Waals surface area (Å²) >= 11 is 0. The molecule has 8 heteroatoms. The Kier molecular flexibility index (Phi) is 6.79. The van der Waals surface area contributed by atoms with Crippen molar-refractivity contribution >= 4 is 19.4 Å². The van der Waals surface area contributed by atoms with E-state index in [-0.39, 0.29) is 17.9 Å². The lowest BCUT2D eigenvalue weighted by Crippen LogP contribution is -2.41. The Hall–Kier alpha value is -2.58. The lowest BCUT2D eigenvalue weighted by Gasteiger charge is -2.19. The van der Waals surface area contributed by atoms with Crippen LogP contribution in [-0.2, 0) is 11.2 Å². The van der Waals surface area contributed by atoms with Gasteiger partial charge in [-0.05, 0) is 35.8 Å². The molecule has 0 saturated carbocycles. The minimum absolute atomic E-state index is 0.168. The number of carbonyl (C=O) groups is 2. The molecule has 1 radical (unpaired) electrons. The lowest BCUT2D eigenvalue weighted by atomic mass is 9.83. The zero-order chi connectivity index (χ0) is 18.2. The standard InChI is InChI=1S/C17H21BN3O4/c19-9-14-5-4-12(10-20-14)8-16(22)21-15(18-25)7-11-2-1-3-13(6-11)17(23)24/h1-6,15,20,25H,7-10,19H2,(H,21,22)(H,23,24). The number of dihydropyridines is 1. The van der Waals surface area contributed by atoms with Gasteiger partial charge in [-0.3, -0.25) is 4.79 Å². The second-order valence-electron chi connectivity index (χ2n) is 5.78. The Labute approximate surface area is 146 Å². The summed E-state index contributed by atoms with van der Waals surface area (Å²) in [7, 11) is 0.908. The molecule has 131 valence electrons. The maximum absolute atomic E-state index is 12.1. The SMILES string of the molecule is NCC1=CC=C(CC(=O)NC([B]O)Cc2cccc(C(=O)O)c2)CN1. The second-order valence-corrected chi connectivity index (χ2v) is 5.78. The molecular weight excluding hydrogens is 321 g/mol. The fourth-order valence-corrected chi connectivity index (χ4v) is 2.52. The number of allylic oxidation sites excluding steroid dienone is 2. The van der Waals surface area contributed by atoms with Gasteiger partial charge in [0.15, 0.2) is 0 Å². The number of hydrogen-bond acceptors (Lipinski definition) is 5. The van der Waals surface area contributed by atoms with Crippen LogP contribution < -0.4 is 16.4 Å². The Morgan fingerprint density at radius 2 is 2.16 bits per heavy atom. The topological polar surface area (TPSA) is 125 Å². The Bertz CT molecular complexity index is 703. The van der Waals surface area contributed by atoms with E-state index in [4.69, 9.17) is 10.8 Å². The molecule has 1 heterocycles. The summed E-state index contributed by atoms with van der Waals surface area (Å²) in [6, 6.07) is 6.40. The molecule has 6 N–H and O–H groups in total. The van der Waals surface area contributed by atoms with Crippen LogP contribution in [0.15, 0.2) is 47.7 Å². The normalized spacial score (nSPS) is 14.6. The minimum atomic E-state index is -1.02. The van der Waals surface area contributed by atoms with Crippen LogP contribution in [0.1, 0.15) is 22.3 Å². The first kappa shape index (κ1) is 18.8. The third-order valence-corrected chi connectivity index (χ3v) is 3.83. The van der Waals surface area contributed by atoms with Gasteiger partial charge in [-0.15, -0.1) is 0 Å². The van der Waals surface area contributed by atoms with Crippen molar-refractivity contribution in [1.82, 2.24) is 10.6 Å². The van der Waals surface area contributed by atoms with E-state index in [1.54, 1.807) is 12.1 Å². The van der Waals surface area contributed by atoms with Gasteiger partial charge in [0.2, 0.25) is 5.91 Å². The van der Waals surface area contributed by atoms with E-state index in [0.717, 1.165) is 18.8 Å². The van der Waals surface area contributed by atoms with Crippen LogP contribution in [0.3, 0.4) is 0 Å². The molecule has 0 spiro atoms. The van der Waals surface area contributed by atoms with Gasteiger partial charge in [0.05, 0.1) is 5.56 Å². The second kappa shape index (κ2) is 9.05. The third-order valence-electron chi connectivity index (χ3n) is 3.83. The van der Waals surface area contributed by atoms with E-state index in [9.17, 15) is 14.6 Å². The van der Waals surface area contributed by atoms with E-state index in [0.29, 0.717) is 25.1 Å². The van der Waals surface area contributed by atoms with Gasteiger partial charge in [0.1, 0.15) is 0 Å². The van der Waals surface area contributed by atoms with Crippen LogP contribution in [0.5, 0.6) is 0 Å². The molecule has 1 atom stereocenters. The summed E-state index contributed by atoms with van der Waals surface area (Å²) in [6.45, 7) is 0.984. The van der Waals surface area contributed by atoms with E-state index in [2.05, 4.69) is 10.6 Å². The van der Waals surface area contributed by atoms with Crippen LogP contribution in [0.25, 0.3) is 0 Å². The highest BCUT2D eigenvalue weighted by molar-refractivity contribution is 6.28. The molecule has 25 heavy (non-hydrogen) atoms. The van der Waals surface area contributed by atoms with Crippen molar-refractivity contribution in [2.75, 3.05) is 13.1 Å². The highest BCUT2D eigenvalue weighted by Gasteiger charge is 2.16. The van der Waals surface area contributed by atoms with E-state index in [1.165, 1.54) is 12.1 Å². The smallest absolute Gasteiger partial charge is 0.335 e. The van der Waals surface area contributed by atoms with Gasteiger partial charge in [0, 0.05) is 31.1 Å². The number of hydrogen-bond donors (Lipinski definition) is 5. The average Bonchev–Trinajstić information content (AvgIpc) is 2.62. The van der Waals surface area contributed by atoms with Gasteiger partial charge in [-0.25, -0.2) is 4.79 Å². The van der Waals surface area contributed by atoms with Crippen molar-refractivity contribution in [3.63, 3.8) is 0 Å². The van der Waals surface area contributed by atoms with Crippen LogP contribution in [-0.4, -0.2) is 48.5 Å². The van der Waals surface area contributed by atoms with Gasteiger partial charge < -0.3 is 26.5 Å². The summed E-state index contributed by atoms with van der Waals surface area (Å²) in [5, 5.41) is 24.2. The molecule has 0 aliphatic carbocycles. The molecule has 0 saturated heterocycles. The molecule has 7 nitrogen and oxygen atoms in total. The third kappa shape index (κ3) is 5.77. The lowest BCUT2D eigenvalue weighted by molar-refractivity contribution is -0.120. The van der Waals surface area contributed by atoms with E-state index in [1.807, 2.05) is 12.2 Å². The molecule has 1 amide bonds. The zero-order valence-electron chi connectivity index (χ0n) is 13.7. The quantitative estimate of drug-likeness (QED) is 0.415. The summed E-state index contributed by atoms with van der Waals surface area (Å²) < 4.78 is 0. The molecule has 1 aliphatic heterocycles. The maximum atomic E-state index is 12.1. The largest absolute Gasteiger partial charge is 0.478 e. The highest BCUT2D eigenvalue weighted by Crippen LogP contribution is 2.10. The van der Waals surface area contributed by atoms with E-state index < -0.39 is 11.9 Å². The first-order valence-corrected chi connectivity index (χ1v) is 7.93. The van der Waals surface area contributed by atoms with Gasteiger partial charge in [-0.2, -0.15) is 0 Å². The Morgan fingerprint density at radius 3 is 2.76 bits per heavy atom. The summed E-state index contributed by atoms with van der Waals surface area (Å²) in [5.74, 6) is -1.83. The average molecular weight is 342 g/mol. The molecule has 1 aromatic rings. The fraction of sp³-hybridized carbons (Fsp3) is 0.294. The predicted molar refractivity (Wildman–Crippen MR) is 94.8 cm³/mol. The minimum Gasteiger partial charge on any atom is -0.478 e. The van der Waals surface area contributed by atoms with Crippen molar-refractivity contribution in [1.29, 1.82) is 0 Å². The number of amides is 1. The number of carboxylic acids is 1. The van der Waals surface area contributed by atoms with E-state index >= 15 is 0 Å². The first-order valence-electron chi connectivity index (χ1n) is 7.93. The molecule has 1 aromatic carbocycles. The maximum Gasteiger partial charge on any atom is 0.335 e. The van der Waals surface area contributed by atoms with Crippen molar-refractivity contribution in [3.8, 4) is 0 Å². The number of carboxylic acid groups (broad SMARTS) is 1. The summed E-state index contributed by atoms with van der Waals surface area (Å²) in [6.07, 6.45) is 4.23. The molecule has 0 aromatic heterocycles. The monoisotopic (exact) mass is 342 g/mol. The van der Waals surface area contributed by atoms with Crippen molar-refractivity contribution in [2.24, 2.45) is 5.73 Å².